The van der Waals surface area contributed by atoms with Crippen molar-refractivity contribution in [2.45, 2.75) is 20.3 Å². The molecule has 1 aromatic rings. The molecule has 0 saturated carbocycles. The van der Waals surface area contributed by atoms with Gasteiger partial charge in [-0.1, -0.05) is 13.8 Å². The van der Waals surface area contributed by atoms with E-state index < -0.39 is 0 Å². The standard InChI is InChI=1S/C17H21N3O2S.ClH/c1-11(2)14-15(23-17-18-9-4-10-20(14)17)16(21)19-12-5-7-13(22-3)8-6-12;/h5-8,11H,4,9-10H2,1-3H3,(H,19,21);1H. The van der Waals surface area contributed by atoms with Crippen LogP contribution in [0.1, 0.15) is 20.3 Å². The van der Waals surface area contributed by atoms with Crippen molar-refractivity contribution in [3.63, 3.8) is 0 Å². The quantitative estimate of drug-likeness (QED) is 0.880. The largest absolute Gasteiger partial charge is 0.497 e. The predicted octanol–water partition coefficient (Wildman–Crippen LogP) is 3.73. The summed E-state index contributed by atoms with van der Waals surface area (Å²) < 4.78 is 5.14. The molecule has 1 aromatic carbocycles. The summed E-state index contributed by atoms with van der Waals surface area (Å²) in [5.74, 6) is 0.984. The van der Waals surface area contributed by atoms with E-state index in [1.807, 2.05) is 24.3 Å². The number of nitrogens with one attached hydrogen (secondary N) is 1. The Kier molecular flexibility index (Phi) is 6.18. The molecule has 0 bridgehead atoms. The monoisotopic (exact) mass is 367 g/mol. The lowest BCUT2D eigenvalue weighted by molar-refractivity contribution is -0.112. The van der Waals surface area contributed by atoms with E-state index in [0.717, 1.165) is 46.7 Å². The predicted molar refractivity (Wildman–Crippen MR) is 102 cm³/mol. The van der Waals surface area contributed by atoms with Gasteiger partial charge in [0.25, 0.3) is 5.91 Å². The van der Waals surface area contributed by atoms with Crippen molar-refractivity contribution in [2.75, 3.05) is 25.5 Å². The van der Waals surface area contributed by atoms with E-state index in [0.29, 0.717) is 0 Å². The normalized spacial score (nSPS) is 16.5. The number of amides is 1. The molecule has 0 aliphatic carbocycles. The van der Waals surface area contributed by atoms with Gasteiger partial charge in [0.15, 0.2) is 5.17 Å². The number of anilines is 1. The molecule has 0 radical (unpaired) electrons. The van der Waals surface area contributed by atoms with Crippen molar-refractivity contribution in [1.82, 2.24) is 4.90 Å². The van der Waals surface area contributed by atoms with Crippen molar-refractivity contribution in [2.24, 2.45) is 10.9 Å². The molecule has 1 amide bonds. The van der Waals surface area contributed by atoms with Crippen LogP contribution >= 0.6 is 24.2 Å². The fourth-order valence-electron chi connectivity index (χ4n) is 2.76. The van der Waals surface area contributed by atoms with E-state index in [9.17, 15) is 4.79 Å². The van der Waals surface area contributed by atoms with Crippen LogP contribution in [-0.4, -0.2) is 36.2 Å². The van der Waals surface area contributed by atoms with Crippen molar-refractivity contribution < 1.29 is 9.53 Å². The molecule has 2 aliphatic rings. The van der Waals surface area contributed by atoms with E-state index in [1.54, 1.807) is 7.11 Å². The number of thioether (sulfide) groups is 1. The number of allylic oxidation sites excluding steroid dienone is 1. The lowest BCUT2D eigenvalue weighted by Gasteiger charge is -2.27. The van der Waals surface area contributed by atoms with Crippen molar-refractivity contribution in [3.8, 4) is 5.75 Å². The maximum atomic E-state index is 12.7. The topological polar surface area (TPSA) is 53.9 Å². The molecule has 0 unspecified atom stereocenters. The molecule has 0 aromatic heterocycles. The number of halogens is 1. The van der Waals surface area contributed by atoms with Crippen molar-refractivity contribution in [1.29, 1.82) is 0 Å². The number of hydrogen-bond acceptors (Lipinski definition) is 5. The zero-order chi connectivity index (χ0) is 16.4. The first kappa shape index (κ1) is 18.7. The first-order valence-electron chi connectivity index (χ1n) is 7.79. The molecule has 7 heteroatoms. The maximum Gasteiger partial charge on any atom is 0.264 e. The SMILES string of the molecule is COc1ccc(NC(=O)C2=C(C(C)C)N3CCCN=C3S2)cc1.Cl. The van der Waals surface area contributed by atoms with Crippen LogP contribution < -0.4 is 10.1 Å². The summed E-state index contributed by atoms with van der Waals surface area (Å²) in [6, 6.07) is 7.36. The lowest BCUT2D eigenvalue weighted by Crippen LogP contribution is -2.31. The number of hydrogen-bond donors (Lipinski definition) is 1. The van der Waals surface area contributed by atoms with Crippen LogP contribution in [0, 0.1) is 5.92 Å². The van der Waals surface area contributed by atoms with Crippen LogP contribution in [0.4, 0.5) is 5.69 Å². The Labute approximate surface area is 153 Å². The number of amidine groups is 1. The molecule has 0 fully saturated rings. The van der Waals surface area contributed by atoms with Crippen LogP contribution in [-0.2, 0) is 4.79 Å². The van der Waals surface area contributed by atoms with Crippen LogP contribution in [0.15, 0.2) is 39.9 Å². The number of rotatable bonds is 4. The molecular weight excluding hydrogens is 346 g/mol. The van der Waals surface area contributed by atoms with Gasteiger partial charge in [-0.15, -0.1) is 12.4 Å². The summed E-state index contributed by atoms with van der Waals surface area (Å²) in [5, 5.41) is 3.93. The number of ether oxygens (including phenoxy) is 1. The van der Waals surface area contributed by atoms with Gasteiger partial charge in [-0.25, -0.2) is 0 Å². The molecular formula is C17H22ClN3O2S. The number of aliphatic imine (C=N–C) groups is 1. The van der Waals surface area contributed by atoms with Crippen molar-refractivity contribution >= 4 is 40.9 Å². The second-order valence-corrected chi connectivity index (χ2v) is 6.80. The first-order valence-corrected chi connectivity index (χ1v) is 8.61. The smallest absolute Gasteiger partial charge is 0.264 e. The van der Waals surface area contributed by atoms with Gasteiger partial charge in [-0.2, -0.15) is 0 Å². The third-order valence-electron chi connectivity index (χ3n) is 3.84. The van der Waals surface area contributed by atoms with Crippen LogP contribution in [0.3, 0.4) is 0 Å². The molecule has 24 heavy (non-hydrogen) atoms. The third kappa shape index (κ3) is 3.70. The van der Waals surface area contributed by atoms with E-state index in [4.69, 9.17) is 4.74 Å². The van der Waals surface area contributed by atoms with Gasteiger partial charge < -0.3 is 15.0 Å². The Bertz CT molecular complexity index is 671. The van der Waals surface area contributed by atoms with E-state index in [1.165, 1.54) is 11.8 Å². The van der Waals surface area contributed by atoms with Crippen LogP contribution in [0.5, 0.6) is 5.75 Å². The Hall–Kier alpha value is -1.66. The van der Waals surface area contributed by atoms with Crippen LogP contribution in [0.2, 0.25) is 0 Å². The fraction of sp³-hybridized carbons (Fsp3) is 0.412. The zero-order valence-electron chi connectivity index (χ0n) is 14.0. The average Bonchev–Trinajstić information content (AvgIpc) is 2.95. The third-order valence-corrected chi connectivity index (χ3v) is 4.97. The minimum absolute atomic E-state index is 0. The Morgan fingerprint density at radius 3 is 2.67 bits per heavy atom. The Morgan fingerprint density at radius 2 is 2.04 bits per heavy atom. The number of methoxy groups -OCH3 is 1. The summed E-state index contributed by atoms with van der Waals surface area (Å²) in [7, 11) is 1.62. The second kappa shape index (κ2) is 7.94. The highest BCUT2D eigenvalue weighted by Crippen LogP contribution is 2.40. The number of benzene rings is 1. The number of fused-ring (bicyclic) bond motifs is 1. The van der Waals surface area contributed by atoms with Gasteiger partial charge in [-0.3, -0.25) is 9.79 Å². The second-order valence-electron chi connectivity index (χ2n) is 5.82. The summed E-state index contributed by atoms with van der Waals surface area (Å²) in [6.07, 6.45) is 1.04. The highest BCUT2D eigenvalue weighted by atomic mass is 35.5. The summed E-state index contributed by atoms with van der Waals surface area (Å²) >= 11 is 1.48. The maximum absolute atomic E-state index is 12.7. The molecule has 2 heterocycles. The molecule has 3 rings (SSSR count). The van der Waals surface area contributed by atoms with Gasteiger partial charge in [0.2, 0.25) is 0 Å². The zero-order valence-corrected chi connectivity index (χ0v) is 15.7. The lowest BCUT2D eigenvalue weighted by atomic mass is 10.1. The molecule has 0 spiro atoms. The summed E-state index contributed by atoms with van der Waals surface area (Å²) in [4.78, 5) is 20.2. The molecule has 2 aliphatic heterocycles. The Balaban J connectivity index is 0.00000208. The number of carbonyl (C=O) groups excluding carboxylic acids is 1. The minimum Gasteiger partial charge on any atom is -0.497 e. The van der Waals surface area contributed by atoms with Crippen molar-refractivity contribution in [3.05, 3.63) is 34.9 Å². The average molecular weight is 368 g/mol. The molecule has 130 valence electrons. The number of nitrogens with zero attached hydrogens (tertiary/aromatic N) is 2. The molecule has 5 nitrogen and oxygen atoms in total. The molecule has 1 N–H and O–H groups in total. The highest BCUT2D eigenvalue weighted by Gasteiger charge is 2.35. The first-order chi connectivity index (χ1) is 11.1. The van der Waals surface area contributed by atoms with Gasteiger partial charge >= 0.3 is 0 Å². The number of carbonyl (C=O) groups is 1. The van der Waals surface area contributed by atoms with Crippen LogP contribution in [0.25, 0.3) is 0 Å². The molecule has 0 atom stereocenters. The van der Waals surface area contributed by atoms with Gasteiger partial charge in [0, 0.05) is 24.5 Å². The summed E-state index contributed by atoms with van der Waals surface area (Å²) in [6.45, 7) is 6.03. The highest BCUT2D eigenvalue weighted by molar-refractivity contribution is 8.18. The molecule has 0 saturated heterocycles. The Morgan fingerprint density at radius 1 is 1.33 bits per heavy atom. The van der Waals surface area contributed by atoms with E-state index >= 15 is 0 Å². The van der Waals surface area contributed by atoms with E-state index in [2.05, 4.69) is 29.1 Å². The summed E-state index contributed by atoms with van der Waals surface area (Å²) in [5.41, 5.74) is 1.85. The van der Waals surface area contributed by atoms with E-state index in [-0.39, 0.29) is 24.2 Å². The van der Waals surface area contributed by atoms with Gasteiger partial charge in [0.1, 0.15) is 10.7 Å². The van der Waals surface area contributed by atoms with Gasteiger partial charge in [-0.05, 0) is 48.4 Å². The fourth-order valence-corrected chi connectivity index (χ4v) is 3.99. The minimum atomic E-state index is -0.0685. The van der Waals surface area contributed by atoms with Gasteiger partial charge in [0.05, 0.1) is 7.11 Å².